The molecular formula is C5H7O2. The molecule has 2 heteroatoms. The van der Waals surface area contributed by atoms with E-state index in [1.807, 2.05) is 0 Å². The molecule has 2 nitrogen and oxygen atoms in total. The lowest BCUT2D eigenvalue weighted by Gasteiger charge is -1.86. The van der Waals surface area contributed by atoms with Crippen LogP contribution in [0.4, 0.5) is 0 Å². The summed E-state index contributed by atoms with van der Waals surface area (Å²) in [6, 6.07) is 0. The molecule has 0 aromatic carbocycles. The zero-order valence-corrected chi connectivity index (χ0v) is 3.98. The number of carbonyl (C=O) groups is 1. The lowest BCUT2D eigenvalue weighted by molar-refractivity contribution is -0.136. The van der Waals surface area contributed by atoms with E-state index in [0.717, 1.165) is 0 Å². The molecule has 0 fully saturated rings. The maximum absolute atomic E-state index is 9.71. The topological polar surface area (TPSA) is 37.3 Å². The Morgan fingerprint density at radius 3 is 2.14 bits per heavy atom. The molecule has 0 heterocycles. The second-order valence-electron chi connectivity index (χ2n) is 1.32. The summed E-state index contributed by atoms with van der Waals surface area (Å²) in [5, 5.41) is 7.98. The maximum atomic E-state index is 9.71. The van der Waals surface area contributed by atoms with Crippen molar-refractivity contribution in [3.05, 3.63) is 19.1 Å². The predicted octanol–water partition coefficient (Wildman–Crippen LogP) is 0.851. The van der Waals surface area contributed by atoms with E-state index >= 15 is 0 Å². The van der Waals surface area contributed by atoms with Crippen LogP contribution < -0.4 is 0 Å². The molecule has 0 aromatic heterocycles. The summed E-state index contributed by atoms with van der Waals surface area (Å²) >= 11 is 0. The fourth-order valence-corrected chi connectivity index (χ4v) is 0.214. The fourth-order valence-electron chi connectivity index (χ4n) is 0.214. The zero-order chi connectivity index (χ0) is 5.86. The Bertz CT molecular complexity index is 82.3. The summed E-state index contributed by atoms with van der Waals surface area (Å²) in [6.45, 7) is 6.61. The van der Waals surface area contributed by atoms with Crippen LogP contribution in [0.3, 0.4) is 0 Å². The summed E-state index contributed by atoms with van der Waals surface area (Å²) in [5.41, 5.74) is 0.438. The first kappa shape index (κ1) is 6.21. The highest BCUT2D eigenvalue weighted by atomic mass is 16.4. The van der Waals surface area contributed by atoms with Crippen molar-refractivity contribution in [1.82, 2.24) is 0 Å². The van der Waals surface area contributed by atoms with Gasteiger partial charge in [-0.2, -0.15) is 0 Å². The van der Waals surface area contributed by atoms with Crippen molar-refractivity contribution >= 4 is 5.97 Å². The molecule has 0 aliphatic carbocycles. The molecule has 0 bridgehead atoms. The van der Waals surface area contributed by atoms with Crippen molar-refractivity contribution in [3.63, 3.8) is 0 Å². The SMILES string of the molecule is [CH2]C(=C)CC(=O)O. The highest BCUT2D eigenvalue weighted by molar-refractivity contribution is 5.69. The fraction of sp³-hybridized carbons (Fsp3) is 0.200. The Morgan fingerprint density at radius 1 is 1.71 bits per heavy atom. The Morgan fingerprint density at radius 2 is 2.14 bits per heavy atom. The van der Waals surface area contributed by atoms with Crippen molar-refractivity contribution in [1.29, 1.82) is 0 Å². The van der Waals surface area contributed by atoms with E-state index in [1.165, 1.54) is 0 Å². The third kappa shape index (κ3) is 5.21. The van der Waals surface area contributed by atoms with E-state index in [1.54, 1.807) is 0 Å². The average molecular weight is 99.1 g/mol. The van der Waals surface area contributed by atoms with E-state index in [-0.39, 0.29) is 6.42 Å². The minimum absolute atomic E-state index is 0.0278. The maximum Gasteiger partial charge on any atom is 0.307 e. The van der Waals surface area contributed by atoms with Gasteiger partial charge in [0.25, 0.3) is 0 Å². The molecular weight excluding hydrogens is 92.1 g/mol. The first-order chi connectivity index (χ1) is 3.13. The lowest BCUT2D eigenvalue weighted by Crippen LogP contribution is -1.92. The summed E-state index contributed by atoms with van der Waals surface area (Å²) in [5.74, 6) is -0.875. The van der Waals surface area contributed by atoms with Gasteiger partial charge in [-0.15, -0.1) is 0 Å². The van der Waals surface area contributed by atoms with E-state index < -0.39 is 5.97 Å². The standard InChI is InChI=1S/C5H7O2/c1-4(2)3-5(6)7/h1-3H2,(H,6,7). The normalized spacial score (nSPS) is 8.14. The van der Waals surface area contributed by atoms with Gasteiger partial charge in [0.05, 0.1) is 6.42 Å². The van der Waals surface area contributed by atoms with Gasteiger partial charge in [-0.1, -0.05) is 12.2 Å². The number of rotatable bonds is 2. The molecule has 39 valence electrons. The molecule has 0 spiro atoms. The monoisotopic (exact) mass is 99.0 g/mol. The van der Waals surface area contributed by atoms with Crippen molar-refractivity contribution in [2.75, 3.05) is 0 Å². The highest BCUT2D eigenvalue weighted by Crippen LogP contribution is 1.91. The molecule has 0 aromatic rings. The predicted molar refractivity (Wildman–Crippen MR) is 26.7 cm³/mol. The van der Waals surface area contributed by atoms with Gasteiger partial charge in [0.15, 0.2) is 0 Å². The third-order valence-corrected chi connectivity index (χ3v) is 0.401. The van der Waals surface area contributed by atoms with Crippen molar-refractivity contribution < 1.29 is 9.90 Å². The lowest BCUT2D eigenvalue weighted by atomic mass is 10.2. The molecule has 1 N–H and O–H groups in total. The van der Waals surface area contributed by atoms with Gasteiger partial charge in [0.2, 0.25) is 0 Å². The molecule has 0 rings (SSSR count). The Labute approximate surface area is 42.5 Å². The van der Waals surface area contributed by atoms with Crippen LogP contribution in [0, 0.1) is 6.92 Å². The summed E-state index contributed by atoms with van der Waals surface area (Å²) in [6.07, 6.45) is -0.0278. The number of hydrogen-bond acceptors (Lipinski definition) is 1. The summed E-state index contributed by atoms with van der Waals surface area (Å²) < 4.78 is 0. The molecule has 0 saturated heterocycles. The minimum atomic E-state index is -0.875. The van der Waals surface area contributed by atoms with Gasteiger partial charge < -0.3 is 5.11 Å². The molecule has 0 unspecified atom stereocenters. The number of hydrogen-bond donors (Lipinski definition) is 1. The van der Waals surface area contributed by atoms with Crippen LogP contribution in [0.5, 0.6) is 0 Å². The second kappa shape index (κ2) is 2.39. The van der Waals surface area contributed by atoms with Crippen molar-refractivity contribution in [2.24, 2.45) is 0 Å². The largest absolute Gasteiger partial charge is 0.481 e. The Kier molecular flexibility index (Phi) is 2.12. The van der Waals surface area contributed by atoms with E-state index in [4.69, 9.17) is 5.11 Å². The molecule has 1 radical (unpaired) electrons. The minimum Gasteiger partial charge on any atom is -0.481 e. The number of carboxylic acids is 1. The van der Waals surface area contributed by atoms with Crippen LogP contribution in [-0.2, 0) is 4.79 Å². The molecule has 0 saturated carbocycles. The molecule has 0 aliphatic heterocycles. The molecule has 0 amide bonds. The highest BCUT2D eigenvalue weighted by Gasteiger charge is 1.92. The average Bonchev–Trinajstić information content (AvgIpc) is 1.27. The van der Waals surface area contributed by atoms with Gasteiger partial charge in [0, 0.05) is 0 Å². The smallest absolute Gasteiger partial charge is 0.307 e. The van der Waals surface area contributed by atoms with Crippen LogP contribution in [0.1, 0.15) is 6.42 Å². The number of aliphatic carboxylic acids is 1. The van der Waals surface area contributed by atoms with Crippen molar-refractivity contribution in [3.8, 4) is 0 Å². The molecule has 7 heavy (non-hydrogen) atoms. The third-order valence-electron chi connectivity index (χ3n) is 0.401. The van der Waals surface area contributed by atoms with E-state index in [0.29, 0.717) is 5.57 Å². The van der Waals surface area contributed by atoms with Crippen LogP contribution in [0.2, 0.25) is 0 Å². The van der Waals surface area contributed by atoms with Gasteiger partial charge in [-0.3, -0.25) is 4.79 Å². The van der Waals surface area contributed by atoms with Gasteiger partial charge in [0.1, 0.15) is 0 Å². The number of carboxylic acid groups (broad SMARTS) is 1. The first-order valence-electron chi connectivity index (χ1n) is 1.84. The Hall–Kier alpha value is -0.790. The van der Waals surface area contributed by atoms with E-state index in [2.05, 4.69) is 13.5 Å². The van der Waals surface area contributed by atoms with Crippen LogP contribution in [0.15, 0.2) is 12.2 Å². The van der Waals surface area contributed by atoms with E-state index in [9.17, 15) is 4.79 Å². The van der Waals surface area contributed by atoms with Crippen LogP contribution in [0.25, 0.3) is 0 Å². The van der Waals surface area contributed by atoms with Gasteiger partial charge >= 0.3 is 5.97 Å². The molecule has 0 aliphatic rings. The van der Waals surface area contributed by atoms with Crippen LogP contribution >= 0.6 is 0 Å². The first-order valence-corrected chi connectivity index (χ1v) is 1.84. The summed E-state index contributed by atoms with van der Waals surface area (Å²) in [7, 11) is 0. The van der Waals surface area contributed by atoms with Crippen LogP contribution in [-0.4, -0.2) is 11.1 Å². The Balaban J connectivity index is 3.32. The molecule has 0 atom stereocenters. The second-order valence-corrected chi connectivity index (χ2v) is 1.32. The zero-order valence-electron chi connectivity index (χ0n) is 3.98. The van der Waals surface area contributed by atoms with Crippen molar-refractivity contribution in [2.45, 2.75) is 6.42 Å². The quantitative estimate of drug-likeness (QED) is 0.557. The summed E-state index contributed by atoms with van der Waals surface area (Å²) in [4.78, 5) is 9.71. The van der Waals surface area contributed by atoms with Gasteiger partial charge in [-0.05, 0) is 6.92 Å². The van der Waals surface area contributed by atoms with Gasteiger partial charge in [-0.25, -0.2) is 0 Å².